The van der Waals surface area contributed by atoms with Gasteiger partial charge in [0.15, 0.2) is 6.61 Å². The molecule has 0 unspecified atom stereocenters. The number of nitrogen functional groups attached to an aromatic ring is 1. The second kappa shape index (κ2) is 6.95. The lowest BCUT2D eigenvalue weighted by Crippen LogP contribution is -2.35. The van der Waals surface area contributed by atoms with Crippen molar-refractivity contribution in [3.63, 3.8) is 0 Å². The van der Waals surface area contributed by atoms with Crippen LogP contribution in [0, 0.1) is 0 Å². The van der Waals surface area contributed by atoms with Gasteiger partial charge in [0.2, 0.25) is 10.0 Å². The Morgan fingerprint density at radius 1 is 1.37 bits per heavy atom. The second-order valence-electron chi connectivity index (χ2n) is 3.70. The first-order valence-electron chi connectivity index (χ1n) is 5.60. The van der Waals surface area contributed by atoms with E-state index in [4.69, 9.17) is 10.5 Å². The molecule has 0 heterocycles. The topological polar surface area (TPSA) is 111 Å². The Morgan fingerprint density at radius 2 is 2.05 bits per heavy atom. The molecule has 8 heteroatoms. The Labute approximate surface area is 112 Å². The van der Waals surface area contributed by atoms with Crippen LogP contribution in [0.1, 0.15) is 0 Å². The van der Waals surface area contributed by atoms with Crippen LogP contribution in [-0.2, 0) is 14.8 Å². The van der Waals surface area contributed by atoms with Gasteiger partial charge < -0.3 is 15.8 Å². The van der Waals surface area contributed by atoms with Crippen LogP contribution in [0.4, 0.5) is 5.69 Å². The van der Waals surface area contributed by atoms with Gasteiger partial charge in [0, 0.05) is 6.54 Å². The van der Waals surface area contributed by atoms with E-state index in [1.807, 2.05) is 0 Å². The average Bonchev–Trinajstić information content (AvgIpc) is 2.37. The first-order chi connectivity index (χ1) is 8.94. The highest BCUT2D eigenvalue weighted by Gasteiger charge is 2.08. The number of carbonyl (C=O) groups is 1. The van der Waals surface area contributed by atoms with Crippen LogP contribution >= 0.6 is 0 Å². The average molecular weight is 287 g/mol. The van der Waals surface area contributed by atoms with Gasteiger partial charge in [-0.15, -0.1) is 0 Å². The zero-order valence-electron chi connectivity index (χ0n) is 10.5. The van der Waals surface area contributed by atoms with E-state index in [0.717, 1.165) is 0 Å². The summed E-state index contributed by atoms with van der Waals surface area (Å²) in [6, 6.07) is 6.80. The smallest absolute Gasteiger partial charge is 0.257 e. The maximum atomic E-state index is 11.4. The van der Waals surface area contributed by atoms with Crippen LogP contribution in [-0.4, -0.2) is 40.3 Å². The summed E-state index contributed by atoms with van der Waals surface area (Å²) in [6.07, 6.45) is 0. The quantitative estimate of drug-likeness (QED) is 0.575. The molecule has 106 valence electrons. The molecule has 19 heavy (non-hydrogen) atoms. The second-order valence-corrected chi connectivity index (χ2v) is 5.75. The van der Waals surface area contributed by atoms with Gasteiger partial charge in [0.1, 0.15) is 5.75 Å². The fourth-order valence-electron chi connectivity index (χ4n) is 1.23. The van der Waals surface area contributed by atoms with Gasteiger partial charge in [-0.3, -0.25) is 4.79 Å². The molecule has 1 amide bonds. The Hall–Kier alpha value is -1.80. The minimum atomic E-state index is -3.31. The van der Waals surface area contributed by atoms with E-state index in [-0.39, 0.29) is 18.9 Å². The number of sulfonamides is 1. The molecular weight excluding hydrogens is 270 g/mol. The SMILES string of the molecule is CNS(=O)(=O)CCNC(=O)COc1ccccc1N. The highest BCUT2D eigenvalue weighted by Crippen LogP contribution is 2.19. The molecule has 0 radical (unpaired) electrons. The zero-order valence-corrected chi connectivity index (χ0v) is 11.4. The predicted molar refractivity (Wildman–Crippen MR) is 72.2 cm³/mol. The number of benzene rings is 1. The van der Waals surface area contributed by atoms with E-state index in [9.17, 15) is 13.2 Å². The molecular formula is C11H17N3O4S. The maximum absolute atomic E-state index is 11.4. The molecule has 0 aliphatic carbocycles. The Bertz CT molecular complexity index is 530. The Balaban J connectivity index is 2.31. The number of amides is 1. The number of carbonyl (C=O) groups excluding carboxylic acids is 1. The van der Waals surface area contributed by atoms with Crippen LogP contribution in [0.25, 0.3) is 0 Å². The monoisotopic (exact) mass is 287 g/mol. The summed E-state index contributed by atoms with van der Waals surface area (Å²) in [6.45, 7) is -0.191. The van der Waals surface area contributed by atoms with E-state index >= 15 is 0 Å². The molecule has 1 rings (SSSR count). The summed E-state index contributed by atoms with van der Waals surface area (Å²) in [7, 11) is -2.00. The van der Waals surface area contributed by atoms with Gasteiger partial charge in [0.05, 0.1) is 11.4 Å². The number of nitrogens with two attached hydrogens (primary N) is 1. The Kier molecular flexibility index (Phi) is 5.58. The summed E-state index contributed by atoms with van der Waals surface area (Å²) < 4.78 is 29.5. The molecule has 0 bridgehead atoms. The summed E-state index contributed by atoms with van der Waals surface area (Å²) in [4.78, 5) is 11.4. The number of nitrogens with one attached hydrogen (secondary N) is 2. The van der Waals surface area contributed by atoms with Crippen molar-refractivity contribution < 1.29 is 17.9 Å². The summed E-state index contributed by atoms with van der Waals surface area (Å²) in [5, 5.41) is 2.44. The lowest BCUT2D eigenvalue weighted by Gasteiger charge is -2.09. The van der Waals surface area contributed by atoms with Gasteiger partial charge in [-0.1, -0.05) is 12.1 Å². The molecule has 0 fully saturated rings. The molecule has 0 aliphatic heterocycles. The van der Waals surface area contributed by atoms with Crippen LogP contribution in [0.3, 0.4) is 0 Å². The highest BCUT2D eigenvalue weighted by molar-refractivity contribution is 7.89. The molecule has 4 N–H and O–H groups in total. The molecule has 0 aliphatic rings. The first-order valence-corrected chi connectivity index (χ1v) is 7.25. The van der Waals surface area contributed by atoms with E-state index in [1.165, 1.54) is 7.05 Å². The van der Waals surface area contributed by atoms with Gasteiger partial charge in [-0.2, -0.15) is 0 Å². The standard InChI is InChI=1S/C11H17N3O4S/c1-13-19(16,17)7-6-14-11(15)8-18-10-5-3-2-4-9(10)12/h2-5,13H,6-8,12H2,1H3,(H,14,15). The first kappa shape index (κ1) is 15.3. The summed E-state index contributed by atoms with van der Waals surface area (Å²) in [5.74, 6) is -0.169. The third-order valence-electron chi connectivity index (χ3n) is 2.28. The zero-order chi connectivity index (χ0) is 14.3. The van der Waals surface area contributed by atoms with Crippen molar-refractivity contribution in [1.82, 2.24) is 10.0 Å². The van der Waals surface area contributed by atoms with Crippen molar-refractivity contribution in [1.29, 1.82) is 0 Å². The molecule has 0 saturated carbocycles. The van der Waals surface area contributed by atoms with Gasteiger partial charge in [0.25, 0.3) is 5.91 Å². The van der Waals surface area contributed by atoms with Gasteiger partial charge >= 0.3 is 0 Å². The number of hydrogen-bond donors (Lipinski definition) is 3. The van der Waals surface area contributed by atoms with E-state index in [1.54, 1.807) is 24.3 Å². The fraction of sp³-hybridized carbons (Fsp3) is 0.364. The van der Waals surface area contributed by atoms with Crippen molar-refractivity contribution >= 4 is 21.6 Å². The third-order valence-corrected chi connectivity index (χ3v) is 3.65. The number of anilines is 1. The summed E-state index contributed by atoms with van der Waals surface area (Å²) >= 11 is 0. The van der Waals surface area contributed by atoms with Crippen molar-refractivity contribution in [3.05, 3.63) is 24.3 Å². The van der Waals surface area contributed by atoms with Crippen molar-refractivity contribution in [2.45, 2.75) is 0 Å². The molecule has 0 atom stereocenters. The minimum Gasteiger partial charge on any atom is -0.482 e. The van der Waals surface area contributed by atoms with Gasteiger partial charge in [-0.25, -0.2) is 13.1 Å². The van der Waals surface area contributed by atoms with Crippen LogP contribution in [0.2, 0.25) is 0 Å². The molecule has 0 aromatic heterocycles. The lowest BCUT2D eigenvalue weighted by molar-refractivity contribution is -0.122. The molecule has 1 aromatic carbocycles. The van der Waals surface area contributed by atoms with Crippen molar-refractivity contribution in [2.75, 3.05) is 31.7 Å². The van der Waals surface area contributed by atoms with Crippen molar-refractivity contribution in [2.24, 2.45) is 0 Å². The largest absolute Gasteiger partial charge is 0.482 e. The maximum Gasteiger partial charge on any atom is 0.257 e. The third kappa shape index (κ3) is 5.58. The number of hydrogen-bond acceptors (Lipinski definition) is 5. The van der Waals surface area contributed by atoms with Crippen LogP contribution in [0.15, 0.2) is 24.3 Å². The van der Waals surface area contributed by atoms with E-state index < -0.39 is 15.9 Å². The number of ether oxygens (including phenoxy) is 1. The van der Waals surface area contributed by atoms with Crippen LogP contribution in [0.5, 0.6) is 5.75 Å². The lowest BCUT2D eigenvalue weighted by atomic mass is 10.3. The Morgan fingerprint density at radius 3 is 2.68 bits per heavy atom. The molecule has 7 nitrogen and oxygen atoms in total. The summed E-state index contributed by atoms with van der Waals surface area (Å²) in [5.41, 5.74) is 6.08. The molecule has 1 aromatic rings. The predicted octanol–water partition coefficient (Wildman–Crippen LogP) is -0.687. The number of para-hydroxylation sites is 2. The van der Waals surface area contributed by atoms with E-state index in [0.29, 0.717) is 11.4 Å². The minimum absolute atomic E-state index is 0.0235. The molecule has 0 spiro atoms. The normalized spacial score (nSPS) is 11.0. The highest BCUT2D eigenvalue weighted by atomic mass is 32.2. The van der Waals surface area contributed by atoms with Crippen LogP contribution < -0.4 is 20.5 Å². The number of rotatable bonds is 7. The van der Waals surface area contributed by atoms with E-state index in [2.05, 4.69) is 10.0 Å². The van der Waals surface area contributed by atoms with Crippen molar-refractivity contribution in [3.8, 4) is 5.75 Å². The molecule has 0 saturated heterocycles. The van der Waals surface area contributed by atoms with Gasteiger partial charge in [-0.05, 0) is 19.2 Å². The fourth-order valence-corrected chi connectivity index (χ4v) is 1.81.